The summed E-state index contributed by atoms with van der Waals surface area (Å²) in [7, 11) is 0. The van der Waals surface area contributed by atoms with Gasteiger partial charge in [0.1, 0.15) is 11.8 Å². The molecule has 0 aromatic heterocycles. The summed E-state index contributed by atoms with van der Waals surface area (Å²) in [5, 5.41) is 9.38. The lowest BCUT2D eigenvalue weighted by Crippen LogP contribution is -2.53. The van der Waals surface area contributed by atoms with Crippen LogP contribution in [0.3, 0.4) is 0 Å². The summed E-state index contributed by atoms with van der Waals surface area (Å²) in [6, 6.07) is 12.8. The van der Waals surface area contributed by atoms with E-state index >= 15 is 0 Å². The molecule has 0 aliphatic carbocycles. The Kier molecular flexibility index (Phi) is 8.61. The standard InChI is InChI=1S/C36H43N3O5S/c1-5-44-27-16-14-26(15-17-27)37-21-10-18-35(4)28(32(37)41)29-33(42)39(20-7-6-8-23-40)31-34(43)38(22-11-19-36(29,31)45-35)30-24(2)12-9-13-25(30)3/h9-19,28-29,31,40H,5-8,20-23H2,1-4H3/t28-,29+,31?,35+,36+/m1/s1. The van der Waals surface area contributed by atoms with Gasteiger partial charge in [0.25, 0.3) is 5.91 Å². The Morgan fingerprint density at radius 1 is 0.867 bits per heavy atom. The van der Waals surface area contributed by atoms with Gasteiger partial charge in [0, 0.05) is 42.4 Å². The maximum atomic E-state index is 14.9. The highest BCUT2D eigenvalue weighted by molar-refractivity contribution is 8.02. The van der Waals surface area contributed by atoms with Crippen LogP contribution in [0.1, 0.15) is 44.2 Å². The first-order chi connectivity index (χ1) is 21.7. The minimum atomic E-state index is -0.905. The number of fused-ring (bicyclic) bond motifs is 2. The van der Waals surface area contributed by atoms with Crippen molar-refractivity contribution in [2.75, 3.05) is 42.6 Å². The number of amides is 3. The first-order valence-corrected chi connectivity index (χ1v) is 16.9. The lowest BCUT2D eigenvalue weighted by atomic mass is 9.74. The fourth-order valence-electron chi connectivity index (χ4n) is 7.89. The molecular formula is C36H43N3O5S. The van der Waals surface area contributed by atoms with E-state index in [1.54, 1.807) is 21.6 Å². The lowest BCUT2D eigenvalue weighted by Gasteiger charge is -2.37. The van der Waals surface area contributed by atoms with Gasteiger partial charge in [-0.25, -0.2) is 0 Å². The summed E-state index contributed by atoms with van der Waals surface area (Å²) in [6.45, 7) is 9.84. The molecule has 0 radical (unpaired) electrons. The van der Waals surface area contributed by atoms with E-state index in [4.69, 9.17) is 4.74 Å². The van der Waals surface area contributed by atoms with Crippen LogP contribution in [0.15, 0.2) is 66.8 Å². The monoisotopic (exact) mass is 629 g/mol. The highest BCUT2D eigenvalue weighted by Crippen LogP contribution is 2.65. The molecule has 0 saturated carbocycles. The second kappa shape index (κ2) is 12.3. The van der Waals surface area contributed by atoms with E-state index in [2.05, 4.69) is 12.2 Å². The van der Waals surface area contributed by atoms with Gasteiger partial charge in [0.05, 0.1) is 23.2 Å². The van der Waals surface area contributed by atoms with Gasteiger partial charge in [-0.15, -0.1) is 11.8 Å². The smallest absolute Gasteiger partial charge is 0.251 e. The average molecular weight is 630 g/mol. The largest absolute Gasteiger partial charge is 0.494 e. The molecule has 8 nitrogen and oxygen atoms in total. The molecule has 4 heterocycles. The third-order valence-electron chi connectivity index (χ3n) is 9.78. The van der Waals surface area contributed by atoms with E-state index in [0.717, 1.165) is 34.7 Å². The van der Waals surface area contributed by atoms with Crippen LogP contribution >= 0.6 is 11.8 Å². The van der Waals surface area contributed by atoms with Crippen molar-refractivity contribution in [1.29, 1.82) is 0 Å². The second-order valence-corrected chi connectivity index (χ2v) is 14.5. The van der Waals surface area contributed by atoms with Crippen LogP contribution in [0.5, 0.6) is 5.75 Å². The summed E-state index contributed by atoms with van der Waals surface area (Å²) in [6.07, 6.45) is 10.3. The molecule has 5 atom stereocenters. The number of likely N-dealkylation sites (tertiary alicyclic amines) is 1. The molecule has 1 unspecified atom stereocenters. The summed E-state index contributed by atoms with van der Waals surface area (Å²) >= 11 is 1.61. The van der Waals surface area contributed by atoms with Crippen molar-refractivity contribution in [3.8, 4) is 5.75 Å². The first kappa shape index (κ1) is 31.4. The summed E-state index contributed by atoms with van der Waals surface area (Å²) < 4.78 is 4.03. The van der Waals surface area contributed by atoms with Crippen molar-refractivity contribution in [2.45, 2.75) is 62.5 Å². The van der Waals surface area contributed by atoms with Crippen LogP contribution in [-0.4, -0.2) is 76.1 Å². The number of anilines is 2. The van der Waals surface area contributed by atoms with Gasteiger partial charge in [0.2, 0.25) is 11.8 Å². The van der Waals surface area contributed by atoms with Gasteiger partial charge in [-0.05, 0) is 82.3 Å². The lowest BCUT2D eigenvalue weighted by molar-refractivity contribution is -0.139. The number of aryl methyl sites for hydroxylation is 2. The van der Waals surface area contributed by atoms with Crippen molar-refractivity contribution < 1.29 is 24.2 Å². The van der Waals surface area contributed by atoms with Crippen LogP contribution in [0.25, 0.3) is 0 Å². The van der Waals surface area contributed by atoms with Crippen molar-refractivity contribution >= 4 is 40.9 Å². The van der Waals surface area contributed by atoms with Gasteiger partial charge in [0.15, 0.2) is 0 Å². The quantitative estimate of drug-likeness (QED) is 0.308. The Morgan fingerprint density at radius 2 is 1.56 bits per heavy atom. The molecule has 4 aliphatic rings. The number of carbonyl (C=O) groups is 3. The molecule has 0 bridgehead atoms. The van der Waals surface area contributed by atoms with E-state index in [1.165, 1.54) is 0 Å². The van der Waals surface area contributed by atoms with Crippen molar-refractivity contribution in [1.82, 2.24) is 4.90 Å². The fourth-order valence-corrected chi connectivity index (χ4v) is 10.0. The zero-order chi connectivity index (χ0) is 31.9. The van der Waals surface area contributed by atoms with Crippen LogP contribution in [0, 0.1) is 25.7 Å². The Balaban J connectivity index is 1.43. The molecule has 45 heavy (non-hydrogen) atoms. The molecule has 2 saturated heterocycles. The van der Waals surface area contributed by atoms with Crippen LogP contribution < -0.4 is 14.5 Å². The minimum Gasteiger partial charge on any atom is -0.494 e. The fraction of sp³-hybridized carbons (Fsp3) is 0.472. The Hall–Kier alpha value is -3.56. The van der Waals surface area contributed by atoms with Gasteiger partial charge in [-0.3, -0.25) is 14.4 Å². The van der Waals surface area contributed by atoms with Gasteiger partial charge >= 0.3 is 0 Å². The highest BCUT2D eigenvalue weighted by Gasteiger charge is 2.74. The zero-order valence-electron chi connectivity index (χ0n) is 26.6. The molecule has 2 aromatic rings. The number of hydrogen-bond donors (Lipinski definition) is 1. The Bertz CT molecular complexity index is 1520. The minimum absolute atomic E-state index is 0.0877. The van der Waals surface area contributed by atoms with Crippen molar-refractivity contribution in [3.05, 3.63) is 77.9 Å². The molecule has 2 aromatic carbocycles. The van der Waals surface area contributed by atoms with Gasteiger partial charge in [-0.2, -0.15) is 0 Å². The van der Waals surface area contributed by atoms with Crippen LogP contribution in [0.4, 0.5) is 11.4 Å². The highest BCUT2D eigenvalue weighted by atomic mass is 32.2. The van der Waals surface area contributed by atoms with Gasteiger partial charge < -0.3 is 24.5 Å². The summed E-state index contributed by atoms with van der Waals surface area (Å²) in [4.78, 5) is 49.6. The third kappa shape index (κ3) is 5.18. The zero-order valence-corrected chi connectivity index (χ0v) is 27.4. The maximum Gasteiger partial charge on any atom is 0.251 e. The number of rotatable bonds is 9. The number of para-hydroxylation sites is 1. The SMILES string of the molecule is CCOc1ccc(N2CC=C[C@]3(C)S[C@]45C=CCN(c6c(C)cccc6C)C(=O)C4N(CCCCCO)C(=O)[C@@H]5[C@@H]3C2=O)cc1. The molecule has 2 fully saturated rings. The number of thioether (sulfide) groups is 1. The molecule has 3 amide bonds. The number of nitrogens with zero attached hydrogens (tertiary/aromatic N) is 3. The Morgan fingerprint density at radius 3 is 2.24 bits per heavy atom. The van der Waals surface area contributed by atoms with Crippen molar-refractivity contribution in [3.63, 3.8) is 0 Å². The van der Waals surface area contributed by atoms with E-state index in [0.29, 0.717) is 39.1 Å². The number of benzene rings is 2. The number of carbonyl (C=O) groups excluding carboxylic acids is 3. The molecule has 4 aliphatic heterocycles. The topological polar surface area (TPSA) is 90.4 Å². The Labute approximate surface area is 270 Å². The first-order valence-electron chi connectivity index (χ1n) is 16.1. The van der Waals surface area contributed by atoms with E-state index in [1.807, 2.05) is 87.2 Å². The molecule has 6 rings (SSSR count). The molecule has 1 spiro atoms. The molecule has 238 valence electrons. The number of aliphatic hydroxyl groups is 1. The second-order valence-electron chi connectivity index (χ2n) is 12.7. The van der Waals surface area contributed by atoms with Gasteiger partial charge in [-0.1, -0.05) is 42.5 Å². The van der Waals surface area contributed by atoms with E-state index in [9.17, 15) is 19.5 Å². The summed E-state index contributed by atoms with van der Waals surface area (Å²) in [5.41, 5.74) is 3.63. The van der Waals surface area contributed by atoms with Crippen molar-refractivity contribution in [2.24, 2.45) is 11.8 Å². The molecular weight excluding hydrogens is 586 g/mol. The van der Waals surface area contributed by atoms with Crippen LogP contribution in [0.2, 0.25) is 0 Å². The molecule has 1 N–H and O–H groups in total. The number of ether oxygens (including phenoxy) is 1. The maximum absolute atomic E-state index is 14.9. The number of hydrogen-bond acceptors (Lipinski definition) is 6. The predicted octanol–water partition coefficient (Wildman–Crippen LogP) is 5.06. The average Bonchev–Trinajstić information content (AvgIpc) is 3.28. The molecule has 9 heteroatoms. The van der Waals surface area contributed by atoms with E-state index in [-0.39, 0.29) is 24.3 Å². The predicted molar refractivity (Wildman–Crippen MR) is 179 cm³/mol. The number of aliphatic hydroxyl groups excluding tert-OH is 1. The van der Waals surface area contributed by atoms with E-state index < -0.39 is 27.4 Å². The third-order valence-corrected chi connectivity index (χ3v) is 11.6. The number of unbranched alkanes of at least 4 members (excludes halogenated alkanes) is 2. The van der Waals surface area contributed by atoms with Crippen LogP contribution in [-0.2, 0) is 14.4 Å². The summed E-state index contributed by atoms with van der Waals surface area (Å²) in [5.74, 6) is -0.972. The normalized spacial score (nSPS) is 29.0.